The first-order chi connectivity index (χ1) is 4.75. The van der Waals surface area contributed by atoms with Gasteiger partial charge in [0.25, 0.3) is 5.91 Å². The Bertz CT molecular complexity index is 244. The molecule has 0 spiro atoms. The molecule has 1 amide bonds. The minimum atomic E-state index is -0.126. The molecule has 4 heteroatoms. The average Bonchev–Trinajstić information content (AvgIpc) is 2.34. The van der Waals surface area contributed by atoms with Crippen LogP contribution in [0.3, 0.4) is 0 Å². The van der Waals surface area contributed by atoms with Crippen LogP contribution >= 0.6 is 11.3 Å². The van der Waals surface area contributed by atoms with Gasteiger partial charge in [-0.2, -0.15) is 0 Å². The Morgan fingerprint density at radius 1 is 1.80 bits per heavy atom. The second kappa shape index (κ2) is 2.70. The van der Waals surface area contributed by atoms with Gasteiger partial charge in [0.1, 0.15) is 0 Å². The van der Waals surface area contributed by atoms with Crippen molar-refractivity contribution in [3.8, 4) is 0 Å². The van der Waals surface area contributed by atoms with E-state index in [0.717, 1.165) is 0 Å². The van der Waals surface area contributed by atoms with E-state index in [1.807, 2.05) is 0 Å². The van der Waals surface area contributed by atoms with Crippen LogP contribution in [0.15, 0.2) is 11.4 Å². The summed E-state index contributed by atoms with van der Waals surface area (Å²) in [4.78, 5) is 10.9. The Balaban J connectivity index is 2.93. The number of carbonyl (C=O) groups excluding carboxylic acids is 1. The van der Waals surface area contributed by atoms with E-state index in [-0.39, 0.29) is 5.91 Å². The first-order valence-electron chi connectivity index (χ1n) is 2.80. The summed E-state index contributed by atoms with van der Waals surface area (Å²) in [6, 6.07) is 1.71. The number of nitrogen functional groups attached to an aromatic ring is 1. The lowest BCUT2D eigenvalue weighted by Gasteiger charge is -1.95. The van der Waals surface area contributed by atoms with Crippen molar-refractivity contribution in [1.82, 2.24) is 5.32 Å². The summed E-state index contributed by atoms with van der Waals surface area (Å²) >= 11 is 1.37. The van der Waals surface area contributed by atoms with Gasteiger partial charge in [-0.25, -0.2) is 0 Å². The predicted molar refractivity (Wildman–Crippen MR) is 42.1 cm³/mol. The molecule has 0 fully saturated rings. The molecule has 1 heterocycles. The topological polar surface area (TPSA) is 55.1 Å². The van der Waals surface area contributed by atoms with Gasteiger partial charge in [0.2, 0.25) is 0 Å². The zero-order valence-corrected chi connectivity index (χ0v) is 6.37. The summed E-state index contributed by atoms with van der Waals surface area (Å²) in [5, 5.41) is 4.86. The largest absolute Gasteiger partial charge is 0.390 e. The molecule has 0 aromatic carbocycles. The number of amides is 1. The van der Waals surface area contributed by atoms with E-state index in [9.17, 15) is 4.79 Å². The molecule has 3 nitrogen and oxygen atoms in total. The maximum absolute atomic E-state index is 10.9. The van der Waals surface area contributed by atoms with Crippen molar-refractivity contribution in [2.24, 2.45) is 0 Å². The molecule has 0 radical (unpaired) electrons. The number of rotatable bonds is 1. The molecule has 0 saturated carbocycles. The maximum atomic E-state index is 10.9. The van der Waals surface area contributed by atoms with Crippen molar-refractivity contribution < 1.29 is 4.79 Å². The quantitative estimate of drug-likeness (QED) is 0.628. The SMILES string of the molecule is CNC(=O)c1ccsc1N. The molecule has 0 atom stereocenters. The van der Waals surface area contributed by atoms with Crippen LogP contribution in [0.4, 0.5) is 5.00 Å². The number of hydrogen-bond donors (Lipinski definition) is 2. The molecular formula is C6H8N2OS. The van der Waals surface area contributed by atoms with Crippen LogP contribution in [-0.4, -0.2) is 13.0 Å². The van der Waals surface area contributed by atoms with Gasteiger partial charge < -0.3 is 11.1 Å². The van der Waals surface area contributed by atoms with Crippen LogP contribution in [-0.2, 0) is 0 Å². The third kappa shape index (κ3) is 1.11. The molecule has 0 aliphatic rings. The summed E-state index contributed by atoms with van der Waals surface area (Å²) in [6.45, 7) is 0. The number of nitrogens with one attached hydrogen (secondary N) is 1. The van der Waals surface area contributed by atoms with E-state index >= 15 is 0 Å². The summed E-state index contributed by atoms with van der Waals surface area (Å²) in [6.07, 6.45) is 0. The monoisotopic (exact) mass is 156 g/mol. The van der Waals surface area contributed by atoms with E-state index in [1.54, 1.807) is 18.5 Å². The van der Waals surface area contributed by atoms with Crippen molar-refractivity contribution in [2.75, 3.05) is 12.8 Å². The Morgan fingerprint density at radius 3 is 2.90 bits per heavy atom. The fourth-order valence-corrected chi connectivity index (χ4v) is 1.28. The molecule has 0 aliphatic heterocycles. The number of thiophene rings is 1. The van der Waals surface area contributed by atoms with Gasteiger partial charge in [0.15, 0.2) is 0 Å². The Morgan fingerprint density at radius 2 is 2.50 bits per heavy atom. The summed E-state index contributed by atoms with van der Waals surface area (Å²) in [5.41, 5.74) is 6.04. The van der Waals surface area contributed by atoms with Crippen LogP contribution in [0.2, 0.25) is 0 Å². The maximum Gasteiger partial charge on any atom is 0.254 e. The van der Waals surface area contributed by atoms with E-state index in [4.69, 9.17) is 5.73 Å². The third-order valence-electron chi connectivity index (χ3n) is 1.17. The molecule has 3 N–H and O–H groups in total. The highest BCUT2D eigenvalue weighted by atomic mass is 32.1. The number of anilines is 1. The molecule has 1 aromatic rings. The van der Waals surface area contributed by atoms with Gasteiger partial charge >= 0.3 is 0 Å². The van der Waals surface area contributed by atoms with Crippen molar-refractivity contribution >= 4 is 22.2 Å². The fourth-order valence-electron chi connectivity index (χ4n) is 0.643. The number of hydrogen-bond acceptors (Lipinski definition) is 3. The van der Waals surface area contributed by atoms with Crippen molar-refractivity contribution in [3.05, 3.63) is 17.0 Å². The summed E-state index contributed by atoms with van der Waals surface area (Å²) in [5.74, 6) is -0.126. The second-order valence-electron chi connectivity index (χ2n) is 1.78. The van der Waals surface area contributed by atoms with Crippen molar-refractivity contribution in [2.45, 2.75) is 0 Å². The average molecular weight is 156 g/mol. The van der Waals surface area contributed by atoms with Crippen LogP contribution in [0.5, 0.6) is 0 Å². The lowest BCUT2D eigenvalue weighted by Crippen LogP contribution is -2.17. The molecule has 0 saturated heterocycles. The number of carbonyl (C=O) groups is 1. The van der Waals surface area contributed by atoms with Gasteiger partial charge in [-0.15, -0.1) is 11.3 Å². The molecule has 0 bridgehead atoms. The van der Waals surface area contributed by atoms with Gasteiger partial charge in [0, 0.05) is 7.05 Å². The highest BCUT2D eigenvalue weighted by molar-refractivity contribution is 7.14. The van der Waals surface area contributed by atoms with Gasteiger partial charge in [-0.3, -0.25) is 4.79 Å². The minimum absolute atomic E-state index is 0.126. The standard InChI is InChI=1S/C6H8N2OS/c1-8-6(9)4-2-3-10-5(4)7/h2-3H,7H2,1H3,(H,8,9). The molecule has 54 valence electrons. The van der Waals surface area contributed by atoms with E-state index in [2.05, 4.69) is 5.32 Å². The smallest absolute Gasteiger partial charge is 0.254 e. The summed E-state index contributed by atoms with van der Waals surface area (Å²) in [7, 11) is 1.58. The van der Waals surface area contributed by atoms with Crippen LogP contribution < -0.4 is 11.1 Å². The highest BCUT2D eigenvalue weighted by Gasteiger charge is 2.06. The zero-order valence-electron chi connectivity index (χ0n) is 5.55. The first kappa shape index (κ1) is 7.08. The van der Waals surface area contributed by atoms with Crippen LogP contribution in [0.1, 0.15) is 10.4 Å². The fraction of sp³-hybridized carbons (Fsp3) is 0.167. The predicted octanol–water partition coefficient (Wildman–Crippen LogP) is 0.690. The van der Waals surface area contributed by atoms with E-state index < -0.39 is 0 Å². The van der Waals surface area contributed by atoms with E-state index in [0.29, 0.717) is 10.6 Å². The zero-order chi connectivity index (χ0) is 7.56. The van der Waals surface area contributed by atoms with Crippen LogP contribution in [0, 0.1) is 0 Å². The normalized spacial score (nSPS) is 9.30. The van der Waals surface area contributed by atoms with Gasteiger partial charge in [0.05, 0.1) is 10.6 Å². The molecule has 0 unspecified atom stereocenters. The lowest BCUT2D eigenvalue weighted by molar-refractivity contribution is 0.0964. The van der Waals surface area contributed by atoms with Crippen molar-refractivity contribution in [1.29, 1.82) is 0 Å². The van der Waals surface area contributed by atoms with Crippen LogP contribution in [0.25, 0.3) is 0 Å². The highest BCUT2D eigenvalue weighted by Crippen LogP contribution is 2.18. The second-order valence-corrected chi connectivity index (χ2v) is 2.73. The summed E-state index contributed by atoms with van der Waals surface area (Å²) < 4.78 is 0. The molecular weight excluding hydrogens is 148 g/mol. The Hall–Kier alpha value is -1.03. The Kier molecular flexibility index (Phi) is 1.91. The minimum Gasteiger partial charge on any atom is -0.390 e. The van der Waals surface area contributed by atoms with Gasteiger partial charge in [-0.05, 0) is 11.4 Å². The first-order valence-corrected chi connectivity index (χ1v) is 3.68. The Labute approximate surface area is 62.9 Å². The van der Waals surface area contributed by atoms with E-state index in [1.165, 1.54) is 11.3 Å². The molecule has 10 heavy (non-hydrogen) atoms. The molecule has 0 aliphatic carbocycles. The molecule has 1 aromatic heterocycles. The third-order valence-corrected chi connectivity index (χ3v) is 1.91. The molecule has 1 rings (SSSR count). The van der Waals surface area contributed by atoms with Gasteiger partial charge in [-0.1, -0.05) is 0 Å². The number of nitrogens with two attached hydrogens (primary N) is 1. The van der Waals surface area contributed by atoms with Crippen molar-refractivity contribution in [3.63, 3.8) is 0 Å². The lowest BCUT2D eigenvalue weighted by atomic mass is 10.3.